The highest BCUT2D eigenvalue weighted by Gasteiger charge is 2.35. The van der Waals surface area contributed by atoms with Crippen molar-refractivity contribution in [1.29, 1.82) is 5.41 Å². The minimum atomic E-state index is -0.409. The Bertz CT molecular complexity index is 1070. The number of benzene rings is 2. The van der Waals surface area contributed by atoms with Crippen LogP contribution >= 0.6 is 11.8 Å². The molecule has 0 unspecified atom stereocenters. The van der Waals surface area contributed by atoms with Gasteiger partial charge >= 0.3 is 0 Å². The minimum Gasteiger partial charge on any atom is -0.486 e. The molecule has 2 aromatic rings. The smallest absolute Gasteiger partial charge is 0.283 e. The Morgan fingerprint density at radius 2 is 1.90 bits per heavy atom. The number of amides is 1. The van der Waals surface area contributed by atoms with Crippen LogP contribution in [0.4, 0.5) is 0 Å². The largest absolute Gasteiger partial charge is 0.486 e. The first-order valence-electron chi connectivity index (χ1n) is 10.4. The van der Waals surface area contributed by atoms with Crippen molar-refractivity contribution in [2.75, 3.05) is 0 Å². The molecule has 7 heteroatoms. The number of nitrogens with one attached hydrogen (secondary N) is 1. The number of hydrazone groups is 1. The fraction of sp³-hybridized carbons (Fsp3) is 0.250. The molecule has 0 fully saturated rings. The summed E-state index contributed by atoms with van der Waals surface area (Å²) in [5.74, 6) is 0.394. The molecular formula is C24H24N4O2S. The summed E-state index contributed by atoms with van der Waals surface area (Å²) in [5, 5.41) is 15.8. The van der Waals surface area contributed by atoms with Gasteiger partial charge in [0.05, 0.1) is 5.57 Å². The summed E-state index contributed by atoms with van der Waals surface area (Å²) in [5.41, 5.74) is 2.13. The number of ether oxygens (including phenoxy) is 1. The normalized spacial score (nSPS) is 18.0. The van der Waals surface area contributed by atoms with Gasteiger partial charge in [-0.3, -0.25) is 10.2 Å². The molecule has 0 bridgehead atoms. The number of nitrogens with zero attached hydrogens (tertiary/aromatic N) is 3. The molecule has 4 rings (SSSR count). The third-order valence-electron chi connectivity index (χ3n) is 5.01. The van der Waals surface area contributed by atoms with Crippen molar-refractivity contribution in [2.45, 2.75) is 39.2 Å². The van der Waals surface area contributed by atoms with E-state index in [2.05, 4.69) is 17.0 Å². The lowest BCUT2D eigenvalue weighted by Crippen LogP contribution is -2.35. The molecule has 0 saturated carbocycles. The second-order valence-electron chi connectivity index (χ2n) is 7.36. The Morgan fingerprint density at radius 1 is 1.16 bits per heavy atom. The highest BCUT2D eigenvalue weighted by molar-refractivity contribution is 8.26. The summed E-state index contributed by atoms with van der Waals surface area (Å²) in [6, 6.07) is 17.5. The highest BCUT2D eigenvalue weighted by atomic mass is 32.2. The first-order valence-corrected chi connectivity index (χ1v) is 11.2. The number of unbranched alkanes of at least 4 members (excludes halogenated alkanes) is 1. The second-order valence-corrected chi connectivity index (χ2v) is 8.40. The average Bonchev–Trinajstić information content (AvgIpc) is 3.20. The molecule has 2 aliphatic heterocycles. The molecule has 158 valence electrons. The van der Waals surface area contributed by atoms with Crippen LogP contribution in [0.2, 0.25) is 0 Å². The number of hydrogen-bond acceptors (Lipinski definition) is 5. The predicted octanol–water partition coefficient (Wildman–Crippen LogP) is 5.64. The Balaban J connectivity index is 1.48. The van der Waals surface area contributed by atoms with E-state index in [9.17, 15) is 4.79 Å². The van der Waals surface area contributed by atoms with Crippen molar-refractivity contribution in [3.05, 3.63) is 71.3 Å². The molecule has 1 amide bonds. The Kier molecular flexibility index (Phi) is 6.32. The maximum atomic E-state index is 12.5. The third-order valence-corrected chi connectivity index (χ3v) is 5.98. The SMILES string of the molecule is CCCCC1=NN2C(=N)/C(=C/c3ccc(O[C@@H](C)c4ccccc4)cc3)C(=O)N=C2S1. The standard InChI is InChI=1S/C24H24N4O2S/c1-3-4-10-21-27-28-22(25)20(23(29)26-24(28)31-21)15-17-11-13-19(14-12-17)30-16(2)18-8-6-5-7-9-18/h5-9,11-16,25H,3-4,10H2,1-2H3/b20-15-,25-22?/t16-/m0/s1. The molecule has 0 saturated heterocycles. The van der Waals surface area contributed by atoms with Crippen molar-refractivity contribution in [3.8, 4) is 5.75 Å². The van der Waals surface area contributed by atoms with Crippen LogP contribution in [0.15, 0.2) is 70.3 Å². The van der Waals surface area contributed by atoms with Gasteiger partial charge in [-0.15, -0.1) is 0 Å². The van der Waals surface area contributed by atoms with Crippen molar-refractivity contribution >= 4 is 39.8 Å². The van der Waals surface area contributed by atoms with Gasteiger partial charge in [-0.25, -0.2) is 0 Å². The summed E-state index contributed by atoms with van der Waals surface area (Å²) < 4.78 is 6.01. The van der Waals surface area contributed by atoms with Crippen LogP contribution in [-0.2, 0) is 4.79 Å². The molecule has 0 aliphatic carbocycles. The fourth-order valence-electron chi connectivity index (χ4n) is 3.27. The number of hydrogen-bond donors (Lipinski definition) is 1. The highest BCUT2D eigenvalue weighted by Crippen LogP contribution is 2.30. The third kappa shape index (κ3) is 4.77. The van der Waals surface area contributed by atoms with E-state index < -0.39 is 5.91 Å². The number of carbonyl (C=O) groups excluding carboxylic acids is 1. The van der Waals surface area contributed by atoms with E-state index in [-0.39, 0.29) is 17.5 Å². The summed E-state index contributed by atoms with van der Waals surface area (Å²) >= 11 is 1.38. The average molecular weight is 433 g/mol. The second kappa shape index (κ2) is 9.31. The van der Waals surface area contributed by atoms with Crippen LogP contribution in [0.3, 0.4) is 0 Å². The molecule has 2 aromatic carbocycles. The molecular weight excluding hydrogens is 408 g/mol. The minimum absolute atomic E-state index is 0.0621. The topological polar surface area (TPSA) is 78.1 Å². The van der Waals surface area contributed by atoms with E-state index in [0.29, 0.717) is 5.17 Å². The van der Waals surface area contributed by atoms with Gasteiger partial charge in [0.2, 0.25) is 5.17 Å². The summed E-state index contributed by atoms with van der Waals surface area (Å²) in [7, 11) is 0. The Labute approximate surface area is 186 Å². The molecule has 0 radical (unpaired) electrons. The molecule has 0 aromatic heterocycles. The van der Waals surface area contributed by atoms with Gasteiger partial charge in [0, 0.05) is 0 Å². The van der Waals surface area contributed by atoms with Crippen LogP contribution in [0.5, 0.6) is 5.75 Å². The molecule has 2 heterocycles. The molecule has 2 aliphatic rings. The molecule has 6 nitrogen and oxygen atoms in total. The van der Waals surface area contributed by atoms with Crippen LogP contribution in [0.25, 0.3) is 6.08 Å². The summed E-state index contributed by atoms with van der Waals surface area (Å²) in [6.45, 7) is 4.13. The number of carbonyl (C=O) groups is 1. The molecule has 31 heavy (non-hydrogen) atoms. The number of rotatable bonds is 7. The van der Waals surface area contributed by atoms with E-state index in [1.165, 1.54) is 16.8 Å². The van der Waals surface area contributed by atoms with Gasteiger partial charge in [0.15, 0.2) is 5.84 Å². The van der Waals surface area contributed by atoms with E-state index in [4.69, 9.17) is 10.1 Å². The van der Waals surface area contributed by atoms with Crippen LogP contribution in [-0.4, -0.2) is 27.0 Å². The fourth-order valence-corrected chi connectivity index (χ4v) is 4.19. The number of amidine groups is 2. The van der Waals surface area contributed by atoms with Crippen LogP contribution in [0, 0.1) is 5.41 Å². The van der Waals surface area contributed by atoms with Gasteiger partial charge in [-0.1, -0.05) is 55.8 Å². The van der Waals surface area contributed by atoms with Crippen molar-refractivity contribution in [1.82, 2.24) is 5.01 Å². The van der Waals surface area contributed by atoms with E-state index in [1.54, 1.807) is 6.08 Å². The lowest BCUT2D eigenvalue weighted by Gasteiger charge is -2.20. The van der Waals surface area contributed by atoms with Gasteiger partial charge in [-0.05, 0) is 60.9 Å². The first-order chi connectivity index (χ1) is 15.0. The van der Waals surface area contributed by atoms with Gasteiger partial charge < -0.3 is 4.74 Å². The maximum absolute atomic E-state index is 12.5. The molecule has 1 N–H and O–H groups in total. The van der Waals surface area contributed by atoms with Crippen molar-refractivity contribution in [3.63, 3.8) is 0 Å². The molecule has 1 atom stereocenters. The first kappa shape index (κ1) is 21.1. The van der Waals surface area contributed by atoms with Crippen LogP contribution in [0.1, 0.15) is 50.3 Å². The van der Waals surface area contributed by atoms with Crippen LogP contribution < -0.4 is 4.74 Å². The lowest BCUT2D eigenvalue weighted by atomic mass is 10.1. The number of thioether (sulfide) groups is 1. The molecule has 0 spiro atoms. The van der Waals surface area contributed by atoms with E-state index in [0.717, 1.165) is 41.2 Å². The number of aliphatic imine (C=N–C) groups is 1. The zero-order chi connectivity index (χ0) is 21.8. The zero-order valence-corrected chi connectivity index (χ0v) is 18.4. The quantitative estimate of drug-likeness (QED) is 0.575. The zero-order valence-electron chi connectivity index (χ0n) is 17.5. The van der Waals surface area contributed by atoms with Crippen molar-refractivity contribution < 1.29 is 9.53 Å². The Morgan fingerprint density at radius 3 is 2.61 bits per heavy atom. The van der Waals surface area contributed by atoms with E-state index in [1.807, 2.05) is 61.5 Å². The monoisotopic (exact) mass is 432 g/mol. The number of fused-ring (bicyclic) bond motifs is 1. The Hall–Kier alpha value is -3.19. The maximum Gasteiger partial charge on any atom is 0.283 e. The van der Waals surface area contributed by atoms with Gasteiger partial charge in [0.1, 0.15) is 16.9 Å². The predicted molar refractivity (Wildman–Crippen MR) is 126 cm³/mol. The van der Waals surface area contributed by atoms with Gasteiger partial charge in [0.25, 0.3) is 5.91 Å². The van der Waals surface area contributed by atoms with Crippen molar-refractivity contribution in [2.24, 2.45) is 10.1 Å². The van der Waals surface area contributed by atoms with Gasteiger partial charge in [-0.2, -0.15) is 15.1 Å². The lowest BCUT2D eigenvalue weighted by molar-refractivity contribution is -0.114. The summed E-state index contributed by atoms with van der Waals surface area (Å²) in [4.78, 5) is 16.7. The van der Waals surface area contributed by atoms with E-state index >= 15 is 0 Å². The summed E-state index contributed by atoms with van der Waals surface area (Å²) in [6.07, 6.45) is 4.53.